The maximum absolute atomic E-state index is 11.3. The van der Waals surface area contributed by atoms with Crippen molar-refractivity contribution in [3.05, 3.63) is 0 Å². The minimum atomic E-state index is -0.738. The highest BCUT2D eigenvalue weighted by Crippen LogP contribution is 2.06. The number of hydrogen-bond donors (Lipinski definition) is 2. The molecule has 18 heavy (non-hydrogen) atoms. The van der Waals surface area contributed by atoms with E-state index >= 15 is 0 Å². The third-order valence-corrected chi connectivity index (χ3v) is 2.18. The van der Waals surface area contributed by atoms with Gasteiger partial charge < -0.3 is 15.2 Å². The number of carbonyl (C=O) groups excluding carboxylic acids is 1. The Morgan fingerprint density at radius 2 is 1.72 bits per heavy atom. The molecule has 0 heterocycles. The van der Waals surface area contributed by atoms with Crippen molar-refractivity contribution >= 4 is 11.9 Å². The van der Waals surface area contributed by atoms with Crippen molar-refractivity contribution in [3.8, 4) is 0 Å². The lowest BCUT2D eigenvalue weighted by Gasteiger charge is -2.19. The first kappa shape index (κ1) is 16.9. The number of esters is 1. The Morgan fingerprint density at radius 1 is 1.11 bits per heavy atom. The van der Waals surface area contributed by atoms with Gasteiger partial charge in [0.1, 0.15) is 5.60 Å². The number of nitrogens with one attached hydrogen (secondary N) is 1. The first-order valence-electron chi connectivity index (χ1n) is 6.45. The fourth-order valence-corrected chi connectivity index (χ4v) is 1.45. The number of rotatable bonds is 9. The molecule has 2 N–H and O–H groups in total. The van der Waals surface area contributed by atoms with Crippen molar-refractivity contribution < 1.29 is 19.4 Å². The highest BCUT2D eigenvalue weighted by molar-refractivity contribution is 5.72. The zero-order valence-electron chi connectivity index (χ0n) is 11.6. The van der Waals surface area contributed by atoms with Gasteiger partial charge in [-0.1, -0.05) is 12.8 Å². The third kappa shape index (κ3) is 13.0. The van der Waals surface area contributed by atoms with Crippen LogP contribution in [0.1, 0.15) is 52.9 Å². The second kappa shape index (κ2) is 8.91. The average molecular weight is 259 g/mol. The first-order chi connectivity index (χ1) is 8.31. The number of carboxylic acid groups (broad SMARTS) is 1. The molecule has 0 fully saturated rings. The van der Waals surface area contributed by atoms with Gasteiger partial charge in [-0.2, -0.15) is 0 Å². The van der Waals surface area contributed by atoms with Gasteiger partial charge in [0, 0.05) is 6.42 Å². The van der Waals surface area contributed by atoms with E-state index in [1.165, 1.54) is 0 Å². The number of hydrogen-bond acceptors (Lipinski definition) is 4. The fraction of sp³-hybridized carbons (Fsp3) is 0.846. The second-order valence-electron chi connectivity index (χ2n) is 5.32. The molecule has 0 rings (SSSR count). The second-order valence-corrected chi connectivity index (χ2v) is 5.32. The lowest BCUT2D eigenvalue weighted by molar-refractivity contribution is -0.153. The number of ether oxygens (including phenoxy) is 1. The number of carbonyl (C=O) groups is 2. The Kier molecular flexibility index (Phi) is 8.37. The molecule has 5 nitrogen and oxygen atoms in total. The molecule has 0 bridgehead atoms. The van der Waals surface area contributed by atoms with Gasteiger partial charge in [-0.05, 0) is 40.2 Å². The zero-order chi connectivity index (χ0) is 14.0. The Labute approximate surface area is 109 Å². The molecule has 0 aliphatic heterocycles. The zero-order valence-corrected chi connectivity index (χ0v) is 11.6. The van der Waals surface area contributed by atoms with Crippen LogP contribution in [-0.4, -0.2) is 35.7 Å². The van der Waals surface area contributed by atoms with E-state index in [1.54, 1.807) is 0 Å². The van der Waals surface area contributed by atoms with Gasteiger partial charge in [-0.15, -0.1) is 0 Å². The van der Waals surface area contributed by atoms with Gasteiger partial charge in [0.05, 0.1) is 6.54 Å². The minimum Gasteiger partial charge on any atom is -0.481 e. The Balaban J connectivity index is 3.30. The number of carboxylic acids is 1. The van der Waals surface area contributed by atoms with E-state index < -0.39 is 11.6 Å². The molecule has 0 atom stereocenters. The lowest BCUT2D eigenvalue weighted by Crippen LogP contribution is -2.31. The predicted molar refractivity (Wildman–Crippen MR) is 69.4 cm³/mol. The van der Waals surface area contributed by atoms with Crippen molar-refractivity contribution in [1.82, 2.24) is 5.32 Å². The Hall–Kier alpha value is -1.10. The smallest absolute Gasteiger partial charge is 0.320 e. The minimum absolute atomic E-state index is 0.229. The summed E-state index contributed by atoms with van der Waals surface area (Å²) in [6.45, 7) is 6.51. The van der Waals surface area contributed by atoms with Crippen molar-refractivity contribution in [3.63, 3.8) is 0 Å². The normalized spacial score (nSPS) is 11.3. The van der Waals surface area contributed by atoms with Crippen molar-refractivity contribution in [1.29, 1.82) is 0 Å². The average Bonchev–Trinajstić information content (AvgIpc) is 2.18. The van der Waals surface area contributed by atoms with Crippen LogP contribution < -0.4 is 5.32 Å². The van der Waals surface area contributed by atoms with Gasteiger partial charge in [0.25, 0.3) is 0 Å². The molecule has 0 unspecified atom stereocenters. The van der Waals surface area contributed by atoms with E-state index in [0.717, 1.165) is 32.2 Å². The van der Waals surface area contributed by atoms with Crippen LogP contribution in [0.15, 0.2) is 0 Å². The number of unbranched alkanes of at least 4 members (excludes halogenated alkanes) is 3. The van der Waals surface area contributed by atoms with Gasteiger partial charge in [0.15, 0.2) is 0 Å². The summed E-state index contributed by atoms with van der Waals surface area (Å²) in [6.07, 6.45) is 3.81. The quantitative estimate of drug-likeness (QED) is 0.489. The maximum Gasteiger partial charge on any atom is 0.320 e. The van der Waals surface area contributed by atoms with Crippen LogP contribution in [0, 0.1) is 0 Å². The summed E-state index contributed by atoms with van der Waals surface area (Å²) in [7, 11) is 0. The van der Waals surface area contributed by atoms with E-state index in [0.29, 0.717) is 0 Å². The number of aliphatic carboxylic acids is 1. The topological polar surface area (TPSA) is 75.6 Å². The molecule has 0 spiro atoms. The van der Waals surface area contributed by atoms with E-state index in [1.807, 2.05) is 20.8 Å². The van der Waals surface area contributed by atoms with Crippen LogP contribution in [0.4, 0.5) is 0 Å². The van der Waals surface area contributed by atoms with Crippen molar-refractivity contribution in [2.45, 2.75) is 58.5 Å². The monoisotopic (exact) mass is 259 g/mol. The first-order valence-corrected chi connectivity index (χ1v) is 6.45. The van der Waals surface area contributed by atoms with Crippen LogP contribution >= 0.6 is 0 Å². The van der Waals surface area contributed by atoms with Crippen molar-refractivity contribution in [2.75, 3.05) is 13.1 Å². The van der Waals surface area contributed by atoms with E-state index in [9.17, 15) is 9.59 Å². The molecule has 0 aliphatic rings. The van der Waals surface area contributed by atoms with Crippen LogP contribution in [0.5, 0.6) is 0 Å². The Morgan fingerprint density at radius 3 is 2.28 bits per heavy atom. The van der Waals surface area contributed by atoms with E-state index in [2.05, 4.69) is 5.32 Å². The molecule has 0 aliphatic carbocycles. The van der Waals surface area contributed by atoms with Crippen LogP contribution in [0.2, 0.25) is 0 Å². The van der Waals surface area contributed by atoms with Gasteiger partial charge in [-0.25, -0.2) is 0 Å². The molecule has 5 heteroatoms. The van der Waals surface area contributed by atoms with Crippen LogP contribution in [-0.2, 0) is 14.3 Å². The van der Waals surface area contributed by atoms with Gasteiger partial charge >= 0.3 is 11.9 Å². The molecular formula is C13H25NO4. The molecule has 0 aromatic rings. The summed E-state index contributed by atoms with van der Waals surface area (Å²) in [4.78, 5) is 21.6. The summed E-state index contributed by atoms with van der Waals surface area (Å²) in [5.74, 6) is -0.980. The fourth-order valence-electron chi connectivity index (χ4n) is 1.45. The van der Waals surface area contributed by atoms with Gasteiger partial charge in [0.2, 0.25) is 0 Å². The Bertz CT molecular complexity index is 258. The molecule has 0 amide bonds. The summed E-state index contributed by atoms with van der Waals surface area (Å²) < 4.78 is 5.14. The molecule has 0 aromatic heterocycles. The summed E-state index contributed by atoms with van der Waals surface area (Å²) in [5, 5.41) is 11.5. The molecule has 0 saturated heterocycles. The highest BCUT2D eigenvalue weighted by atomic mass is 16.6. The molecule has 0 radical (unpaired) electrons. The van der Waals surface area contributed by atoms with Crippen LogP contribution in [0.3, 0.4) is 0 Å². The summed E-state index contributed by atoms with van der Waals surface area (Å²) in [5.41, 5.74) is -0.435. The van der Waals surface area contributed by atoms with Crippen LogP contribution in [0.25, 0.3) is 0 Å². The predicted octanol–water partition coefficient (Wildman–Crippen LogP) is 1.95. The van der Waals surface area contributed by atoms with E-state index in [4.69, 9.17) is 9.84 Å². The molecular weight excluding hydrogens is 234 g/mol. The summed E-state index contributed by atoms with van der Waals surface area (Å²) in [6, 6.07) is 0. The maximum atomic E-state index is 11.3. The summed E-state index contributed by atoms with van der Waals surface area (Å²) >= 11 is 0. The van der Waals surface area contributed by atoms with E-state index in [-0.39, 0.29) is 18.9 Å². The SMILES string of the molecule is CC(C)(C)OC(=O)CNCCCCCCC(=O)O. The molecule has 0 aromatic carbocycles. The van der Waals surface area contributed by atoms with Gasteiger partial charge in [-0.3, -0.25) is 9.59 Å². The molecule has 106 valence electrons. The lowest BCUT2D eigenvalue weighted by atomic mass is 10.1. The molecule has 0 saturated carbocycles. The third-order valence-electron chi connectivity index (χ3n) is 2.18. The largest absolute Gasteiger partial charge is 0.481 e. The highest BCUT2D eigenvalue weighted by Gasteiger charge is 2.15. The standard InChI is InChI=1S/C13H25NO4/c1-13(2,3)18-12(17)10-14-9-7-5-4-6-8-11(15)16/h14H,4-10H2,1-3H3,(H,15,16). The van der Waals surface area contributed by atoms with Crippen molar-refractivity contribution in [2.24, 2.45) is 0 Å².